The van der Waals surface area contributed by atoms with Crippen molar-refractivity contribution < 1.29 is 9.90 Å². The lowest BCUT2D eigenvalue weighted by atomic mass is 10.1. The maximum absolute atomic E-state index is 11.0. The molecular formula is C11H24N2O2. The highest BCUT2D eigenvalue weighted by Gasteiger charge is 2.18. The molecule has 0 saturated heterocycles. The minimum absolute atomic E-state index is 0.206. The molecule has 0 amide bonds. The van der Waals surface area contributed by atoms with Crippen LogP contribution >= 0.6 is 0 Å². The van der Waals surface area contributed by atoms with Gasteiger partial charge < -0.3 is 15.3 Å². The normalized spacial score (nSPS) is 15.3. The van der Waals surface area contributed by atoms with E-state index in [0.29, 0.717) is 6.42 Å². The van der Waals surface area contributed by atoms with Crippen molar-refractivity contribution in [3.63, 3.8) is 0 Å². The summed E-state index contributed by atoms with van der Waals surface area (Å²) >= 11 is 0. The second-order valence-corrected chi connectivity index (χ2v) is 4.36. The van der Waals surface area contributed by atoms with Crippen LogP contribution in [0, 0.1) is 0 Å². The van der Waals surface area contributed by atoms with Gasteiger partial charge in [0.05, 0.1) is 0 Å². The second-order valence-electron chi connectivity index (χ2n) is 4.36. The molecule has 0 saturated carbocycles. The fourth-order valence-corrected chi connectivity index (χ4v) is 1.63. The Labute approximate surface area is 92.7 Å². The Morgan fingerprint density at radius 2 is 2.07 bits per heavy atom. The molecule has 4 nitrogen and oxygen atoms in total. The number of carboxylic acids is 1. The van der Waals surface area contributed by atoms with Crippen LogP contribution in [0.25, 0.3) is 0 Å². The maximum atomic E-state index is 11.0. The van der Waals surface area contributed by atoms with Gasteiger partial charge in [-0.3, -0.25) is 4.79 Å². The Bertz CT molecular complexity index is 183. The van der Waals surface area contributed by atoms with Crippen LogP contribution < -0.4 is 5.32 Å². The topological polar surface area (TPSA) is 52.6 Å². The van der Waals surface area contributed by atoms with Crippen molar-refractivity contribution in [2.45, 2.75) is 45.2 Å². The Morgan fingerprint density at radius 1 is 1.47 bits per heavy atom. The van der Waals surface area contributed by atoms with Crippen LogP contribution in [-0.2, 0) is 4.79 Å². The average molecular weight is 216 g/mol. The van der Waals surface area contributed by atoms with Crippen LogP contribution in [0.1, 0.15) is 33.1 Å². The van der Waals surface area contributed by atoms with E-state index in [1.54, 1.807) is 0 Å². The van der Waals surface area contributed by atoms with Crippen LogP contribution in [-0.4, -0.2) is 48.7 Å². The zero-order chi connectivity index (χ0) is 11.8. The zero-order valence-electron chi connectivity index (χ0n) is 10.3. The monoisotopic (exact) mass is 216 g/mol. The molecule has 0 aromatic carbocycles. The van der Waals surface area contributed by atoms with Crippen LogP contribution in [0.15, 0.2) is 0 Å². The largest absolute Gasteiger partial charge is 0.480 e. The first-order chi connectivity index (χ1) is 6.97. The van der Waals surface area contributed by atoms with E-state index in [-0.39, 0.29) is 6.04 Å². The second kappa shape index (κ2) is 7.65. The number of carbonyl (C=O) groups is 1. The Hall–Kier alpha value is -0.610. The molecule has 0 aliphatic rings. The quantitative estimate of drug-likeness (QED) is 0.639. The highest BCUT2D eigenvalue weighted by atomic mass is 16.4. The third kappa shape index (κ3) is 7.33. The summed E-state index contributed by atoms with van der Waals surface area (Å²) in [5.74, 6) is -0.742. The Balaban J connectivity index is 3.98. The van der Waals surface area contributed by atoms with E-state index in [1.807, 2.05) is 21.0 Å². The van der Waals surface area contributed by atoms with Gasteiger partial charge in [0.1, 0.15) is 6.04 Å². The summed E-state index contributed by atoms with van der Waals surface area (Å²) in [4.78, 5) is 13.0. The number of hydrogen-bond donors (Lipinski definition) is 2. The van der Waals surface area contributed by atoms with Gasteiger partial charge >= 0.3 is 5.97 Å². The van der Waals surface area contributed by atoms with Gasteiger partial charge in [-0.25, -0.2) is 0 Å². The zero-order valence-corrected chi connectivity index (χ0v) is 10.3. The molecule has 0 bridgehead atoms. The van der Waals surface area contributed by atoms with Crippen LogP contribution in [0.2, 0.25) is 0 Å². The van der Waals surface area contributed by atoms with Crippen molar-refractivity contribution in [1.82, 2.24) is 10.2 Å². The molecule has 2 unspecified atom stereocenters. The highest BCUT2D eigenvalue weighted by Crippen LogP contribution is 2.02. The number of unbranched alkanes of at least 4 members (excludes halogenated alkanes) is 1. The molecule has 0 heterocycles. The van der Waals surface area contributed by atoms with E-state index in [0.717, 1.165) is 19.4 Å². The van der Waals surface area contributed by atoms with Gasteiger partial charge in [0.2, 0.25) is 0 Å². The first-order valence-electron chi connectivity index (χ1n) is 5.61. The van der Waals surface area contributed by atoms with E-state index >= 15 is 0 Å². The summed E-state index contributed by atoms with van der Waals surface area (Å²) < 4.78 is 0. The first kappa shape index (κ1) is 14.4. The van der Waals surface area contributed by atoms with Crippen molar-refractivity contribution in [2.75, 3.05) is 20.6 Å². The maximum Gasteiger partial charge on any atom is 0.320 e. The first-order valence-corrected chi connectivity index (χ1v) is 5.61. The molecular weight excluding hydrogens is 192 g/mol. The lowest BCUT2D eigenvalue weighted by Crippen LogP contribution is -2.45. The molecule has 15 heavy (non-hydrogen) atoms. The molecule has 0 radical (unpaired) electrons. The predicted molar refractivity (Wildman–Crippen MR) is 62.1 cm³/mol. The molecule has 4 heteroatoms. The van der Waals surface area contributed by atoms with Gasteiger partial charge in [-0.15, -0.1) is 0 Å². The summed E-state index contributed by atoms with van der Waals surface area (Å²) in [6.45, 7) is 4.94. The summed E-state index contributed by atoms with van der Waals surface area (Å²) in [5, 5.41) is 12.1. The van der Waals surface area contributed by atoms with Gasteiger partial charge in [0, 0.05) is 12.6 Å². The van der Waals surface area contributed by atoms with Crippen molar-refractivity contribution in [2.24, 2.45) is 0 Å². The minimum Gasteiger partial charge on any atom is -0.480 e. The van der Waals surface area contributed by atoms with Gasteiger partial charge in [0.25, 0.3) is 0 Å². The Kier molecular flexibility index (Phi) is 7.34. The predicted octanol–water partition coefficient (Wildman–Crippen LogP) is 1.17. The summed E-state index contributed by atoms with van der Waals surface area (Å²) in [6, 6.07) is -0.196. The third-order valence-electron chi connectivity index (χ3n) is 2.27. The minimum atomic E-state index is -0.742. The standard InChI is InChI=1S/C11H24N2O2/c1-5-6-7-10(11(14)15)12-9(2)8-13(3)4/h9-10,12H,5-8H2,1-4H3,(H,14,15). The number of hydrogen-bond acceptors (Lipinski definition) is 3. The van der Waals surface area contributed by atoms with Crippen molar-refractivity contribution in [3.8, 4) is 0 Å². The lowest BCUT2D eigenvalue weighted by molar-refractivity contribution is -0.139. The lowest BCUT2D eigenvalue weighted by Gasteiger charge is -2.22. The van der Waals surface area contributed by atoms with Crippen LogP contribution in [0.3, 0.4) is 0 Å². The van der Waals surface area contributed by atoms with Gasteiger partial charge in [0.15, 0.2) is 0 Å². The van der Waals surface area contributed by atoms with E-state index < -0.39 is 12.0 Å². The van der Waals surface area contributed by atoms with E-state index in [2.05, 4.69) is 17.1 Å². The summed E-state index contributed by atoms with van der Waals surface area (Å²) in [6.07, 6.45) is 2.70. The number of nitrogens with one attached hydrogen (secondary N) is 1. The molecule has 0 spiro atoms. The molecule has 0 aliphatic carbocycles. The smallest absolute Gasteiger partial charge is 0.320 e. The average Bonchev–Trinajstić information content (AvgIpc) is 2.10. The molecule has 0 fully saturated rings. The number of rotatable bonds is 8. The SMILES string of the molecule is CCCCC(NC(C)CN(C)C)C(=O)O. The van der Waals surface area contributed by atoms with Crippen molar-refractivity contribution in [1.29, 1.82) is 0 Å². The fraction of sp³-hybridized carbons (Fsp3) is 0.909. The third-order valence-corrected chi connectivity index (χ3v) is 2.27. The molecule has 2 N–H and O–H groups in total. The highest BCUT2D eigenvalue weighted by molar-refractivity contribution is 5.73. The summed E-state index contributed by atoms with van der Waals surface area (Å²) in [5.41, 5.74) is 0. The Morgan fingerprint density at radius 3 is 2.47 bits per heavy atom. The fourth-order valence-electron chi connectivity index (χ4n) is 1.63. The van der Waals surface area contributed by atoms with Crippen LogP contribution in [0.5, 0.6) is 0 Å². The molecule has 0 aliphatic heterocycles. The number of aliphatic carboxylic acids is 1. The van der Waals surface area contributed by atoms with Crippen molar-refractivity contribution in [3.05, 3.63) is 0 Å². The van der Waals surface area contributed by atoms with E-state index in [4.69, 9.17) is 5.11 Å². The van der Waals surface area contributed by atoms with Crippen LogP contribution in [0.4, 0.5) is 0 Å². The van der Waals surface area contributed by atoms with E-state index in [9.17, 15) is 4.79 Å². The summed E-state index contributed by atoms with van der Waals surface area (Å²) in [7, 11) is 3.97. The molecule has 0 aromatic rings. The molecule has 90 valence electrons. The molecule has 0 rings (SSSR count). The number of nitrogens with zero attached hydrogens (tertiary/aromatic N) is 1. The van der Waals surface area contributed by atoms with Gasteiger partial charge in [-0.05, 0) is 27.4 Å². The van der Waals surface area contributed by atoms with E-state index in [1.165, 1.54) is 0 Å². The molecule has 0 aromatic heterocycles. The number of carboxylic acid groups (broad SMARTS) is 1. The number of likely N-dealkylation sites (N-methyl/N-ethyl adjacent to an activating group) is 1. The van der Waals surface area contributed by atoms with Gasteiger partial charge in [-0.1, -0.05) is 19.8 Å². The molecule has 2 atom stereocenters. The van der Waals surface area contributed by atoms with Crippen molar-refractivity contribution >= 4 is 5.97 Å². The van der Waals surface area contributed by atoms with Gasteiger partial charge in [-0.2, -0.15) is 0 Å².